The van der Waals surface area contributed by atoms with Gasteiger partial charge < -0.3 is 15.7 Å². The van der Waals surface area contributed by atoms with Gasteiger partial charge in [-0.25, -0.2) is 9.37 Å². The van der Waals surface area contributed by atoms with Crippen molar-refractivity contribution in [3.8, 4) is 0 Å². The number of benzene rings is 1. The van der Waals surface area contributed by atoms with Gasteiger partial charge in [0.2, 0.25) is 5.95 Å². The van der Waals surface area contributed by atoms with Crippen molar-refractivity contribution in [2.75, 3.05) is 36.9 Å². The molecule has 1 fully saturated rings. The van der Waals surface area contributed by atoms with Gasteiger partial charge in [-0.2, -0.15) is 4.98 Å². The Labute approximate surface area is 140 Å². The largest absolute Gasteiger partial charge is 0.396 e. The molecule has 2 heterocycles. The third kappa shape index (κ3) is 3.98. The Hall–Kier alpha value is -2.25. The van der Waals surface area contributed by atoms with Crippen LogP contribution < -0.4 is 10.6 Å². The van der Waals surface area contributed by atoms with Gasteiger partial charge in [-0.3, -0.25) is 4.90 Å². The van der Waals surface area contributed by atoms with Crippen molar-refractivity contribution in [1.29, 1.82) is 0 Å². The average molecular weight is 331 g/mol. The first-order valence-corrected chi connectivity index (χ1v) is 8.08. The minimum atomic E-state index is -0.225. The molecule has 0 bridgehead atoms. The van der Waals surface area contributed by atoms with Gasteiger partial charge in [0, 0.05) is 45.0 Å². The second kappa shape index (κ2) is 7.55. The van der Waals surface area contributed by atoms with Gasteiger partial charge in [0.15, 0.2) is 0 Å². The van der Waals surface area contributed by atoms with Crippen LogP contribution in [0, 0.1) is 5.82 Å². The third-order valence-electron chi connectivity index (χ3n) is 4.35. The fraction of sp³-hybridized carbons (Fsp3) is 0.412. The fourth-order valence-electron chi connectivity index (χ4n) is 3.10. The standard InChI is InChI=1S/C17H22FN5O/c18-14-3-1-13(2-4-14)11-22-8-9-23(12-15(22)6-10-24)16-5-7-20-17(19)21-16/h1-5,7,15,24H,6,8-12H2,(H2,19,20,21)/t15-/m0/s1. The molecule has 24 heavy (non-hydrogen) atoms. The molecular formula is C17H22FN5O. The minimum absolute atomic E-state index is 0.129. The summed E-state index contributed by atoms with van der Waals surface area (Å²) in [6.07, 6.45) is 2.34. The van der Waals surface area contributed by atoms with Gasteiger partial charge in [-0.15, -0.1) is 0 Å². The van der Waals surface area contributed by atoms with E-state index in [0.29, 0.717) is 6.42 Å². The van der Waals surface area contributed by atoms with Gasteiger partial charge in [0.05, 0.1) is 0 Å². The molecule has 7 heteroatoms. The van der Waals surface area contributed by atoms with E-state index in [1.54, 1.807) is 6.20 Å². The molecule has 0 amide bonds. The Morgan fingerprint density at radius 1 is 1.21 bits per heavy atom. The van der Waals surface area contributed by atoms with E-state index >= 15 is 0 Å². The molecule has 0 aliphatic carbocycles. The second-order valence-electron chi connectivity index (χ2n) is 5.98. The van der Waals surface area contributed by atoms with Gasteiger partial charge in [-0.1, -0.05) is 12.1 Å². The SMILES string of the molecule is Nc1nccc(N2CCN(Cc3ccc(F)cc3)[C@@H](CCO)C2)n1. The highest BCUT2D eigenvalue weighted by molar-refractivity contribution is 5.41. The number of piperazine rings is 1. The van der Waals surface area contributed by atoms with Gasteiger partial charge >= 0.3 is 0 Å². The van der Waals surface area contributed by atoms with Gasteiger partial charge in [0.1, 0.15) is 11.6 Å². The van der Waals surface area contributed by atoms with Crippen LogP contribution in [0.25, 0.3) is 0 Å². The molecule has 1 aliphatic rings. The number of halogens is 1. The highest BCUT2D eigenvalue weighted by atomic mass is 19.1. The fourth-order valence-corrected chi connectivity index (χ4v) is 3.10. The van der Waals surface area contributed by atoms with Crippen molar-refractivity contribution >= 4 is 11.8 Å². The smallest absolute Gasteiger partial charge is 0.221 e. The van der Waals surface area contributed by atoms with Crippen LogP contribution in [-0.4, -0.2) is 52.3 Å². The maximum absolute atomic E-state index is 13.1. The van der Waals surface area contributed by atoms with Gasteiger partial charge in [-0.05, 0) is 30.2 Å². The molecule has 1 aliphatic heterocycles. The summed E-state index contributed by atoms with van der Waals surface area (Å²) in [6.45, 7) is 3.29. The Morgan fingerprint density at radius 3 is 2.71 bits per heavy atom. The lowest BCUT2D eigenvalue weighted by atomic mass is 10.1. The molecule has 1 aromatic heterocycles. The quantitative estimate of drug-likeness (QED) is 0.859. The van der Waals surface area contributed by atoms with Crippen molar-refractivity contribution in [3.05, 3.63) is 47.9 Å². The first-order chi connectivity index (χ1) is 11.7. The van der Waals surface area contributed by atoms with Crippen LogP contribution in [0.2, 0.25) is 0 Å². The average Bonchev–Trinajstić information content (AvgIpc) is 2.58. The summed E-state index contributed by atoms with van der Waals surface area (Å²) in [6, 6.07) is 8.63. The van der Waals surface area contributed by atoms with Crippen LogP contribution in [0.5, 0.6) is 0 Å². The number of nitrogens with two attached hydrogens (primary N) is 1. The van der Waals surface area contributed by atoms with E-state index in [1.807, 2.05) is 18.2 Å². The number of rotatable bonds is 5. The molecule has 6 nitrogen and oxygen atoms in total. The number of hydrogen-bond donors (Lipinski definition) is 2. The molecular weight excluding hydrogens is 309 g/mol. The molecule has 128 valence electrons. The summed E-state index contributed by atoms with van der Waals surface area (Å²) in [5, 5.41) is 9.40. The third-order valence-corrected chi connectivity index (χ3v) is 4.35. The summed E-state index contributed by atoms with van der Waals surface area (Å²) >= 11 is 0. The monoisotopic (exact) mass is 331 g/mol. The summed E-state index contributed by atoms with van der Waals surface area (Å²) in [4.78, 5) is 12.7. The number of nitrogens with zero attached hydrogens (tertiary/aromatic N) is 4. The maximum atomic E-state index is 13.1. The molecule has 0 radical (unpaired) electrons. The zero-order chi connectivity index (χ0) is 16.9. The van der Waals surface area contributed by atoms with E-state index in [1.165, 1.54) is 12.1 Å². The summed E-state index contributed by atoms with van der Waals surface area (Å²) in [7, 11) is 0. The summed E-state index contributed by atoms with van der Waals surface area (Å²) in [5.74, 6) is 0.851. The first-order valence-electron chi connectivity index (χ1n) is 8.08. The molecule has 2 aromatic rings. The van der Waals surface area contributed by atoms with Gasteiger partial charge in [0.25, 0.3) is 0 Å². The molecule has 1 atom stereocenters. The van der Waals surface area contributed by atoms with Crippen molar-refractivity contribution in [2.45, 2.75) is 19.0 Å². The maximum Gasteiger partial charge on any atom is 0.221 e. The molecule has 1 aromatic carbocycles. The number of aromatic nitrogens is 2. The van der Waals surface area contributed by atoms with E-state index in [4.69, 9.17) is 5.73 Å². The number of nitrogen functional groups attached to an aromatic ring is 1. The predicted octanol–water partition coefficient (Wildman–Crippen LogP) is 1.27. The summed E-state index contributed by atoms with van der Waals surface area (Å²) in [5.41, 5.74) is 6.74. The van der Waals surface area contributed by atoms with Crippen LogP contribution >= 0.6 is 0 Å². The Balaban J connectivity index is 1.70. The number of hydrogen-bond acceptors (Lipinski definition) is 6. The van der Waals surface area contributed by atoms with Crippen molar-refractivity contribution in [1.82, 2.24) is 14.9 Å². The molecule has 3 N–H and O–H groups in total. The van der Waals surface area contributed by atoms with E-state index in [2.05, 4.69) is 19.8 Å². The lowest BCUT2D eigenvalue weighted by molar-refractivity contribution is 0.135. The topological polar surface area (TPSA) is 78.5 Å². The minimum Gasteiger partial charge on any atom is -0.396 e. The van der Waals surface area contributed by atoms with E-state index in [-0.39, 0.29) is 24.4 Å². The normalized spacial score (nSPS) is 18.8. The Bertz CT molecular complexity index is 666. The molecule has 0 unspecified atom stereocenters. The predicted molar refractivity (Wildman–Crippen MR) is 91.0 cm³/mol. The Morgan fingerprint density at radius 2 is 2.00 bits per heavy atom. The lowest BCUT2D eigenvalue weighted by Gasteiger charge is -2.42. The van der Waals surface area contributed by atoms with Crippen LogP contribution in [-0.2, 0) is 6.54 Å². The van der Waals surface area contributed by atoms with Crippen molar-refractivity contribution in [3.63, 3.8) is 0 Å². The zero-order valence-electron chi connectivity index (χ0n) is 13.5. The molecule has 3 rings (SSSR count). The Kier molecular flexibility index (Phi) is 5.22. The van der Waals surface area contributed by atoms with Crippen molar-refractivity contribution in [2.24, 2.45) is 0 Å². The zero-order valence-corrected chi connectivity index (χ0v) is 13.5. The number of aliphatic hydroxyl groups excluding tert-OH is 1. The van der Waals surface area contributed by atoms with E-state index < -0.39 is 0 Å². The first kappa shape index (κ1) is 16.6. The van der Waals surface area contributed by atoms with Crippen LogP contribution in [0.3, 0.4) is 0 Å². The van der Waals surface area contributed by atoms with Crippen molar-refractivity contribution < 1.29 is 9.50 Å². The van der Waals surface area contributed by atoms with Crippen LogP contribution in [0.15, 0.2) is 36.5 Å². The highest BCUT2D eigenvalue weighted by Gasteiger charge is 2.27. The van der Waals surface area contributed by atoms with Crippen LogP contribution in [0.1, 0.15) is 12.0 Å². The van der Waals surface area contributed by atoms with E-state index in [0.717, 1.165) is 37.6 Å². The summed E-state index contributed by atoms with van der Waals surface area (Å²) < 4.78 is 13.1. The second-order valence-corrected chi connectivity index (χ2v) is 5.98. The molecule has 1 saturated heterocycles. The van der Waals surface area contributed by atoms with E-state index in [9.17, 15) is 9.50 Å². The number of aliphatic hydroxyl groups is 1. The molecule has 0 saturated carbocycles. The molecule has 0 spiro atoms. The van der Waals surface area contributed by atoms with Crippen LogP contribution in [0.4, 0.5) is 16.2 Å². The number of anilines is 2. The highest BCUT2D eigenvalue weighted by Crippen LogP contribution is 2.21. The lowest BCUT2D eigenvalue weighted by Crippen LogP contribution is -2.53.